The molecule has 1 fully saturated rings. The third-order valence-electron chi connectivity index (χ3n) is 2.47. The molecule has 0 aromatic heterocycles. The molecule has 72 valence electrons. The predicted octanol–water partition coefficient (Wildman–Crippen LogP) is 0.262. The quantitative estimate of drug-likeness (QED) is 0.523. The van der Waals surface area contributed by atoms with Crippen molar-refractivity contribution < 1.29 is 10.2 Å². The maximum atomic E-state index is 9.43. The number of nitrogens with one attached hydrogen (secondary N) is 1. The van der Waals surface area contributed by atoms with Gasteiger partial charge in [-0.3, -0.25) is 0 Å². The van der Waals surface area contributed by atoms with E-state index in [9.17, 15) is 5.11 Å². The maximum absolute atomic E-state index is 9.43. The fourth-order valence-corrected chi connectivity index (χ4v) is 1.70. The fourth-order valence-electron chi connectivity index (χ4n) is 1.70. The van der Waals surface area contributed by atoms with Crippen LogP contribution in [0.15, 0.2) is 0 Å². The zero-order chi connectivity index (χ0) is 8.81. The molecule has 0 amide bonds. The average molecular weight is 173 g/mol. The van der Waals surface area contributed by atoms with Crippen LogP contribution in [-0.2, 0) is 0 Å². The van der Waals surface area contributed by atoms with Crippen LogP contribution >= 0.6 is 0 Å². The fraction of sp³-hybridized carbons (Fsp3) is 1.00. The van der Waals surface area contributed by atoms with Crippen LogP contribution < -0.4 is 5.32 Å². The Labute approximate surface area is 73.8 Å². The van der Waals surface area contributed by atoms with Gasteiger partial charge in [-0.25, -0.2) is 0 Å². The first kappa shape index (κ1) is 9.96. The predicted molar refractivity (Wildman–Crippen MR) is 48.0 cm³/mol. The summed E-state index contributed by atoms with van der Waals surface area (Å²) >= 11 is 0. The minimum Gasteiger partial charge on any atom is -0.396 e. The van der Waals surface area contributed by atoms with Gasteiger partial charge in [-0.2, -0.15) is 0 Å². The lowest BCUT2D eigenvalue weighted by molar-refractivity contribution is 0.149. The summed E-state index contributed by atoms with van der Waals surface area (Å²) in [6.07, 6.45) is 4.89. The van der Waals surface area contributed by atoms with Gasteiger partial charge in [0.05, 0.1) is 6.10 Å². The Kier molecular flexibility index (Phi) is 4.58. The minimum absolute atomic E-state index is 0.140. The number of unbranched alkanes of at least 4 members (excludes halogenated alkanes) is 1. The van der Waals surface area contributed by atoms with Crippen molar-refractivity contribution in [2.45, 2.75) is 44.2 Å². The van der Waals surface area contributed by atoms with Crippen LogP contribution in [0, 0.1) is 0 Å². The van der Waals surface area contributed by atoms with Gasteiger partial charge < -0.3 is 15.5 Å². The van der Waals surface area contributed by atoms with E-state index in [-0.39, 0.29) is 12.7 Å². The summed E-state index contributed by atoms with van der Waals surface area (Å²) in [5.41, 5.74) is 0. The molecule has 3 N–H and O–H groups in total. The number of aliphatic hydroxyl groups excluding tert-OH is 2. The summed E-state index contributed by atoms with van der Waals surface area (Å²) < 4.78 is 0. The number of aliphatic hydroxyl groups is 2. The van der Waals surface area contributed by atoms with Crippen molar-refractivity contribution in [3.8, 4) is 0 Å². The summed E-state index contributed by atoms with van der Waals surface area (Å²) in [4.78, 5) is 0. The molecule has 3 nitrogen and oxygen atoms in total. The highest BCUT2D eigenvalue weighted by molar-refractivity contribution is 4.82. The van der Waals surface area contributed by atoms with E-state index in [0.29, 0.717) is 6.04 Å². The van der Waals surface area contributed by atoms with Gasteiger partial charge >= 0.3 is 0 Å². The average Bonchev–Trinajstić information content (AvgIpc) is 2.46. The van der Waals surface area contributed by atoms with Crippen LogP contribution in [0.4, 0.5) is 0 Å². The first-order valence-electron chi connectivity index (χ1n) is 4.87. The Morgan fingerprint density at radius 2 is 2.08 bits per heavy atom. The molecule has 1 saturated carbocycles. The molecule has 3 heteroatoms. The SMILES string of the molecule is OCCCCN[C@@H]1CCC[C@H]1O. The lowest BCUT2D eigenvalue weighted by atomic mass is 10.2. The maximum Gasteiger partial charge on any atom is 0.0693 e. The van der Waals surface area contributed by atoms with E-state index in [1.807, 2.05) is 0 Å². The molecular weight excluding hydrogens is 154 g/mol. The highest BCUT2D eigenvalue weighted by atomic mass is 16.3. The Bertz CT molecular complexity index is 119. The van der Waals surface area contributed by atoms with E-state index < -0.39 is 0 Å². The summed E-state index contributed by atoms with van der Waals surface area (Å²) in [5, 5.41) is 21.3. The Balaban J connectivity index is 1.98. The lowest BCUT2D eigenvalue weighted by Crippen LogP contribution is -2.36. The molecule has 0 aromatic carbocycles. The van der Waals surface area contributed by atoms with Crippen molar-refractivity contribution >= 4 is 0 Å². The molecule has 0 spiro atoms. The number of hydrogen-bond acceptors (Lipinski definition) is 3. The normalized spacial score (nSPS) is 29.5. The van der Waals surface area contributed by atoms with Crippen LogP contribution in [0.1, 0.15) is 32.1 Å². The molecular formula is C9H19NO2. The van der Waals surface area contributed by atoms with Gasteiger partial charge in [-0.15, -0.1) is 0 Å². The molecule has 0 radical (unpaired) electrons. The molecule has 12 heavy (non-hydrogen) atoms. The standard InChI is InChI=1S/C9H19NO2/c11-7-2-1-6-10-8-4-3-5-9(8)12/h8-12H,1-7H2/t8-,9-/m1/s1. The highest BCUT2D eigenvalue weighted by Gasteiger charge is 2.23. The van der Waals surface area contributed by atoms with Crippen molar-refractivity contribution in [3.05, 3.63) is 0 Å². The molecule has 1 rings (SSSR count). The van der Waals surface area contributed by atoms with Crippen molar-refractivity contribution in [2.24, 2.45) is 0 Å². The van der Waals surface area contributed by atoms with Gasteiger partial charge in [0.15, 0.2) is 0 Å². The largest absolute Gasteiger partial charge is 0.396 e. The Hall–Kier alpha value is -0.120. The molecule has 1 aliphatic carbocycles. The van der Waals surface area contributed by atoms with Gasteiger partial charge in [0.2, 0.25) is 0 Å². The van der Waals surface area contributed by atoms with E-state index in [1.165, 1.54) is 0 Å². The second-order valence-electron chi connectivity index (χ2n) is 3.49. The smallest absolute Gasteiger partial charge is 0.0693 e. The van der Waals surface area contributed by atoms with Gasteiger partial charge in [-0.05, 0) is 38.6 Å². The molecule has 0 bridgehead atoms. The number of hydrogen-bond donors (Lipinski definition) is 3. The third kappa shape index (κ3) is 3.09. The summed E-state index contributed by atoms with van der Waals surface area (Å²) in [7, 11) is 0. The zero-order valence-electron chi connectivity index (χ0n) is 7.50. The van der Waals surface area contributed by atoms with Crippen LogP contribution in [0.3, 0.4) is 0 Å². The van der Waals surface area contributed by atoms with Crippen molar-refractivity contribution in [1.82, 2.24) is 5.32 Å². The summed E-state index contributed by atoms with van der Waals surface area (Å²) in [6.45, 7) is 1.19. The molecule has 0 aliphatic heterocycles. The second-order valence-corrected chi connectivity index (χ2v) is 3.49. The minimum atomic E-state index is -0.140. The zero-order valence-corrected chi connectivity index (χ0v) is 7.50. The van der Waals surface area contributed by atoms with Crippen LogP contribution in [0.2, 0.25) is 0 Å². The summed E-state index contributed by atoms with van der Waals surface area (Å²) in [5.74, 6) is 0. The van der Waals surface area contributed by atoms with Gasteiger partial charge in [-0.1, -0.05) is 0 Å². The van der Waals surface area contributed by atoms with Crippen LogP contribution in [0.5, 0.6) is 0 Å². The first-order valence-corrected chi connectivity index (χ1v) is 4.87. The summed E-state index contributed by atoms with van der Waals surface area (Å²) in [6, 6.07) is 0.309. The molecule has 0 saturated heterocycles. The van der Waals surface area contributed by atoms with E-state index in [0.717, 1.165) is 38.6 Å². The second kappa shape index (κ2) is 5.51. The monoisotopic (exact) mass is 173 g/mol. The van der Waals surface area contributed by atoms with E-state index in [2.05, 4.69) is 5.32 Å². The van der Waals surface area contributed by atoms with Crippen molar-refractivity contribution in [2.75, 3.05) is 13.2 Å². The highest BCUT2D eigenvalue weighted by Crippen LogP contribution is 2.18. The van der Waals surface area contributed by atoms with Gasteiger partial charge in [0, 0.05) is 12.6 Å². The van der Waals surface area contributed by atoms with Crippen LogP contribution in [-0.4, -0.2) is 35.5 Å². The first-order chi connectivity index (χ1) is 5.84. The topological polar surface area (TPSA) is 52.5 Å². The molecule has 0 unspecified atom stereocenters. The molecule has 0 aromatic rings. The van der Waals surface area contributed by atoms with E-state index >= 15 is 0 Å². The van der Waals surface area contributed by atoms with Gasteiger partial charge in [0.1, 0.15) is 0 Å². The van der Waals surface area contributed by atoms with E-state index in [1.54, 1.807) is 0 Å². The van der Waals surface area contributed by atoms with Crippen molar-refractivity contribution in [1.29, 1.82) is 0 Å². The van der Waals surface area contributed by atoms with Crippen molar-refractivity contribution in [3.63, 3.8) is 0 Å². The molecule has 2 atom stereocenters. The van der Waals surface area contributed by atoms with Gasteiger partial charge in [0.25, 0.3) is 0 Å². The number of rotatable bonds is 5. The van der Waals surface area contributed by atoms with E-state index in [4.69, 9.17) is 5.11 Å². The lowest BCUT2D eigenvalue weighted by Gasteiger charge is -2.15. The third-order valence-corrected chi connectivity index (χ3v) is 2.47. The Morgan fingerprint density at radius 3 is 2.67 bits per heavy atom. The Morgan fingerprint density at radius 1 is 1.25 bits per heavy atom. The van der Waals surface area contributed by atoms with Crippen LogP contribution in [0.25, 0.3) is 0 Å². The molecule has 1 aliphatic rings. The molecule has 0 heterocycles.